The maximum Gasteiger partial charge on any atom is 0.257 e. The van der Waals surface area contributed by atoms with Gasteiger partial charge in [0.05, 0.1) is 10.1 Å². The van der Waals surface area contributed by atoms with Gasteiger partial charge in [-0.1, -0.05) is 25.6 Å². The highest BCUT2D eigenvalue weighted by molar-refractivity contribution is 8.00. The van der Waals surface area contributed by atoms with Gasteiger partial charge in [0.1, 0.15) is 5.52 Å². The van der Waals surface area contributed by atoms with Crippen molar-refractivity contribution in [2.75, 3.05) is 26.2 Å². The molecule has 2 aromatic rings. The Balaban J connectivity index is 1.80. The second-order valence-electron chi connectivity index (χ2n) is 6.49. The maximum atomic E-state index is 12.7. The fourth-order valence-corrected chi connectivity index (χ4v) is 5.53. The first-order valence-corrected chi connectivity index (χ1v) is 11.5. The third-order valence-electron chi connectivity index (χ3n) is 4.73. The quantitative estimate of drug-likeness (QED) is 0.652. The Hall–Kier alpha value is -1.58. The van der Waals surface area contributed by atoms with Gasteiger partial charge in [0, 0.05) is 26.2 Å². The molecule has 1 aliphatic rings. The van der Waals surface area contributed by atoms with E-state index in [1.807, 2.05) is 25.7 Å². The molecule has 1 atom stereocenters. The number of thioether (sulfide) groups is 1. The standard InChI is InChI=1S/C18H25N3O4S2/c1-4-21(5-2)27(23,24)14-8-9-16-15(12-14)19-18(25-16)26-13(3)17(22)20-10-6-7-11-20/h8-9,12-13H,4-7,10-11H2,1-3H3/t13-/m0/s1. The van der Waals surface area contributed by atoms with Crippen molar-refractivity contribution in [2.45, 2.75) is 49.0 Å². The van der Waals surface area contributed by atoms with E-state index < -0.39 is 10.0 Å². The topological polar surface area (TPSA) is 83.7 Å². The number of hydrogen-bond acceptors (Lipinski definition) is 6. The van der Waals surface area contributed by atoms with E-state index in [-0.39, 0.29) is 16.1 Å². The van der Waals surface area contributed by atoms with Crippen LogP contribution in [0.5, 0.6) is 0 Å². The van der Waals surface area contributed by atoms with Crippen LogP contribution in [0.25, 0.3) is 11.1 Å². The van der Waals surface area contributed by atoms with Crippen LogP contribution in [0, 0.1) is 0 Å². The third kappa shape index (κ3) is 4.14. The molecule has 0 bridgehead atoms. The van der Waals surface area contributed by atoms with Crippen LogP contribution < -0.4 is 0 Å². The molecule has 0 radical (unpaired) electrons. The van der Waals surface area contributed by atoms with E-state index in [0.29, 0.717) is 29.4 Å². The summed E-state index contributed by atoms with van der Waals surface area (Å²) in [5.74, 6) is 0.0876. The maximum absolute atomic E-state index is 12.7. The van der Waals surface area contributed by atoms with Crippen LogP contribution in [0.1, 0.15) is 33.6 Å². The third-order valence-corrected chi connectivity index (χ3v) is 7.70. The molecule has 1 aliphatic heterocycles. The number of carbonyl (C=O) groups is 1. The van der Waals surface area contributed by atoms with Crippen LogP contribution in [-0.4, -0.2) is 59.9 Å². The smallest absolute Gasteiger partial charge is 0.257 e. The predicted octanol–water partition coefficient (Wildman–Crippen LogP) is 2.96. The van der Waals surface area contributed by atoms with Crippen molar-refractivity contribution in [3.8, 4) is 0 Å². The van der Waals surface area contributed by atoms with Crippen LogP contribution in [-0.2, 0) is 14.8 Å². The second kappa shape index (κ2) is 8.20. The number of benzene rings is 1. The molecule has 0 spiro atoms. The molecule has 1 aromatic heterocycles. The van der Waals surface area contributed by atoms with E-state index >= 15 is 0 Å². The van der Waals surface area contributed by atoms with Crippen molar-refractivity contribution in [1.82, 2.24) is 14.2 Å². The molecule has 3 rings (SSSR count). The number of rotatable bonds is 7. The highest BCUT2D eigenvalue weighted by atomic mass is 32.2. The minimum atomic E-state index is -3.55. The van der Waals surface area contributed by atoms with Gasteiger partial charge < -0.3 is 9.32 Å². The predicted molar refractivity (Wildman–Crippen MR) is 105 cm³/mol. The number of fused-ring (bicyclic) bond motifs is 1. The van der Waals surface area contributed by atoms with Crippen molar-refractivity contribution in [3.05, 3.63) is 18.2 Å². The molecule has 148 valence electrons. The molecule has 27 heavy (non-hydrogen) atoms. The van der Waals surface area contributed by atoms with Crippen LogP contribution in [0.15, 0.2) is 32.7 Å². The van der Waals surface area contributed by atoms with E-state index in [9.17, 15) is 13.2 Å². The fourth-order valence-electron chi connectivity index (χ4n) is 3.21. The van der Waals surface area contributed by atoms with Gasteiger partial charge in [-0.25, -0.2) is 13.4 Å². The van der Waals surface area contributed by atoms with Crippen molar-refractivity contribution in [1.29, 1.82) is 0 Å². The van der Waals surface area contributed by atoms with Gasteiger partial charge in [0.15, 0.2) is 5.58 Å². The summed E-state index contributed by atoms with van der Waals surface area (Å²) in [7, 11) is -3.55. The molecule has 0 unspecified atom stereocenters. The zero-order valence-electron chi connectivity index (χ0n) is 15.8. The summed E-state index contributed by atoms with van der Waals surface area (Å²) in [6.45, 7) is 7.90. The largest absolute Gasteiger partial charge is 0.431 e. The van der Waals surface area contributed by atoms with Gasteiger partial charge in [-0.3, -0.25) is 4.79 Å². The molecule has 1 aromatic carbocycles. The molecule has 2 heterocycles. The molecule has 0 N–H and O–H groups in total. The lowest BCUT2D eigenvalue weighted by molar-refractivity contribution is -0.129. The van der Waals surface area contributed by atoms with Gasteiger partial charge in [0.25, 0.3) is 5.22 Å². The molecule has 9 heteroatoms. The minimum Gasteiger partial charge on any atom is -0.431 e. The number of hydrogen-bond donors (Lipinski definition) is 0. The Bertz CT molecular complexity index is 916. The molecule has 1 fully saturated rings. The number of carbonyl (C=O) groups excluding carboxylic acids is 1. The van der Waals surface area contributed by atoms with Crippen molar-refractivity contribution in [2.24, 2.45) is 0 Å². The Labute approximate surface area is 164 Å². The first kappa shape index (κ1) is 20.2. The zero-order valence-corrected chi connectivity index (χ0v) is 17.5. The molecule has 0 aliphatic carbocycles. The van der Waals surface area contributed by atoms with Crippen LogP contribution >= 0.6 is 11.8 Å². The number of sulfonamides is 1. The number of nitrogens with zero attached hydrogens (tertiary/aromatic N) is 3. The summed E-state index contributed by atoms with van der Waals surface area (Å²) < 4.78 is 32.5. The van der Waals surface area contributed by atoms with Gasteiger partial charge in [0.2, 0.25) is 15.9 Å². The zero-order chi connectivity index (χ0) is 19.6. The summed E-state index contributed by atoms with van der Waals surface area (Å²) in [5.41, 5.74) is 0.989. The van der Waals surface area contributed by atoms with E-state index in [4.69, 9.17) is 4.42 Å². The fraction of sp³-hybridized carbons (Fsp3) is 0.556. The first-order valence-electron chi connectivity index (χ1n) is 9.23. The van der Waals surface area contributed by atoms with Gasteiger partial charge in [-0.2, -0.15) is 4.31 Å². The minimum absolute atomic E-state index is 0.0876. The summed E-state index contributed by atoms with van der Waals surface area (Å²) >= 11 is 1.26. The lowest BCUT2D eigenvalue weighted by atomic mass is 10.3. The van der Waals surface area contributed by atoms with E-state index in [1.54, 1.807) is 6.07 Å². The molecule has 7 nitrogen and oxygen atoms in total. The summed E-state index contributed by atoms with van der Waals surface area (Å²) in [6, 6.07) is 4.69. The highest BCUT2D eigenvalue weighted by Crippen LogP contribution is 2.30. The lowest BCUT2D eigenvalue weighted by Crippen LogP contribution is -2.34. The summed E-state index contributed by atoms with van der Waals surface area (Å²) in [5, 5.41) is 0.0810. The number of aromatic nitrogens is 1. The van der Waals surface area contributed by atoms with E-state index in [0.717, 1.165) is 25.9 Å². The number of oxazole rings is 1. The van der Waals surface area contributed by atoms with Crippen LogP contribution in [0.4, 0.5) is 0 Å². The summed E-state index contributed by atoms with van der Waals surface area (Å²) in [4.78, 5) is 18.9. The molecule has 1 amide bonds. The van der Waals surface area contributed by atoms with Crippen molar-refractivity contribution >= 4 is 38.8 Å². The second-order valence-corrected chi connectivity index (χ2v) is 9.72. The van der Waals surface area contributed by atoms with Gasteiger partial charge >= 0.3 is 0 Å². The van der Waals surface area contributed by atoms with Crippen LogP contribution in [0.3, 0.4) is 0 Å². The molecule has 0 saturated carbocycles. The Kier molecular flexibility index (Phi) is 6.12. The molecule has 1 saturated heterocycles. The number of amides is 1. The van der Waals surface area contributed by atoms with Crippen LogP contribution in [0.2, 0.25) is 0 Å². The normalized spacial score (nSPS) is 16.4. The highest BCUT2D eigenvalue weighted by Gasteiger charge is 2.26. The summed E-state index contributed by atoms with van der Waals surface area (Å²) in [6.07, 6.45) is 2.10. The average Bonchev–Trinajstić information content (AvgIpc) is 3.30. The van der Waals surface area contributed by atoms with Crippen molar-refractivity contribution in [3.63, 3.8) is 0 Å². The number of likely N-dealkylation sites (tertiary alicyclic amines) is 1. The SMILES string of the molecule is CCN(CC)S(=O)(=O)c1ccc2oc(S[C@@H](C)C(=O)N3CCCC3)nc2c1. The first-order chi connectivity index (χ1) is 12.9. The Morgan fingerprint density at radius 3 is 2.59 bits per heavy atom. The molecular formula is C18H25N3O4S2. The van der Waals surface area contributed by atoms with Crippen molar-refractivity contribution < 1.29 is 17.6 Å². The van der Waals surface area contributed by atoms with E-state index in [2.05, 4.69) is 4.98 Å². The monoisotopic (exact) mass is 411 g/mol. The lowest BCUT2D eigenvalue weighted by Gasteiger charge is -2.18. The average molecular weight is 412 g/mol. The Morgan fingerprint density at radius 2 is 1.96 bits per heavy atom. The molecular weight excluding hydrogens is 386 g/mol. The Morgan fingerprint density at radius 1 is 1.30 bits per heavy atom. The van der Waals surface area contributed by atoms with E-state index in [1.165, 1.54) is 28.2 Å². The van der Waals surface area contributed by atoms with Gasteiger partial charge in [-0.05, 0) is 38.0 Å². The van der Waals surface area contributed by atoms with Gasteiger partial charge in [-0.15, -0.1) is 0 Å².